The highest BCUT2D eigenvalue weighted by Gasteiger charge is 2.25. The van der Waals surface area contributed by atoms with Crippen molar-refractivity contribution >= 4 is 11.6 Å². The third-order valence-electron chi connectivity index (χ3n) is 5.27. The molecule has 2 heterocycles. The third-order valence-corrected chi connectivity index (χ3v) is 5.27. The molecule has 7 heteroatoms. The van der Waals surface area contributed by atoms with Crippen LogP contribution in [0.1, 0.15) is 28.1 Å². The standard InChI is InChI=1S/C24H22FN3O3/c25-20-5-7-21(8-6-20)27-10-2-11-28(13-12-27)24(29)23-19(9-14-30-23)17-31-22-4-1-3-18(15-22)16-26/h1,3-9,14-15H,2,10-13,17H2. The molecule has 0 N–H and O–H groups in total. The molecule has 0 unspecified atom stereocenters. The summed E-state index contributed by atoms with van der Waals surface area (Å²) in [6.45, 7) is 2.77. The molecule has 31 heavy (non-hydrogen) atoms. The van der Waals surface area contributed by atoms with Crippen molar-refractivity contribution < 1.29 is 18.3 Å². The molecule has 0 aliphatic carbocycles. The molecule has 3 aromatic rings. The van der Waals surface area contributed by atoms with E-state index in [1.54, 1.807) is 47.4 Å². The number of anilines is 1. The summed E-state index contributed by atoms with van der Waals surface area (Å²) in [5, 5.41) is 9.01. The lowest BCUT2D eigenvalue weighted by Crippen LogP contribution is -2.35. The Morgan fingerprint density at radius 3 is 2.74 bits per heavy atom. The Morgan fingerprint density at radius 2 is 1.94 bits per heavy atom. The summed E-state index contributed by atoms with van der Waals surface area (Å²) < 4.78 is 24.5. The fourth-order valence-corrected chi connectivity index (χ4v) is 3.63. The van der Waals surface area contributed by atoms with Gasteiger partial charge < -0.3 is 19.0 Å². The summed E-state index contributed by atoms with van der Waals surface area (Å²) in [5.74, 6) is 0.396. The highest BCUT2D eigenvalue weighted by Crippen LogP contribution is 2.21. The minimum atomic E-state index is -0.262. The second-order valence-corrected chi connectivity index (χ2v) is 7.31. The summed E-state index contributed by atoms with van der Waals surface area (Å²) in [6, 6.07) is 17.1. The fraction of sp³-hybridized carbons (Fsp3) is 0.250. The quantitative estimate of drug-likeness (QED) is 0.619. The number of ether oxygens (including phenoxy) is 1. The maximum atomic E-state index is 13.2. The summed E-state index contributed by atoms with van der Waals surface area (Å²) >= 11 is 0. The van der Waals surface area contributed by atoms with Crippen molar-refractivity contribution in [3.63, 3.8) is 0 Å². The van der Waals surface area contributed by atoms with Gasteiger partial charge in [0.1, 0.15) is 18.2 Å². The number of nitrogens with zero attached hydrogens (tertiary/aromatic N) is 3. The summed E-state index contributed by atoms with van der Waals surface area (Å²) in [4.78, 5) is 17.0. The lowest BCUT2D eigenvalue weighted by atomic mass is 10.2. The maximum Gasteiger partial charge on any atom is 0.290 e. The van der Waals surface area contributed by atoms with E-state index in [1.807, 2.05) is 0 Å². The van der Waals surface area contributed by atoms with Crippen LogP contribution in [-0.2, 0) is 6.61 Å². The van der Waals surface area contributed by atoms with Crippen molar-refractivity contribution in [2.45, 2.75) is 13.0 Å². The van der Waals surface area contributed by atoms with Gasteiger partial charge in [-0.05, 0) is 55.0 Å². The van der Waals surface area contributed by atoms with Crippen LogP contribution in [0.15, 0.2) is 65.3 Å². The molecular weight excluding hydrogens is 397 g/mol. The molecule has 1 amide bonds. The van der Waals surface area contributed by atoms with E-state index in [2.05, 4.69) is 11.0 Å². The molecule has 1 aliphatic rings. The number of amides is 1. The van der Waals surface area contributed by atoms with Crippen molar-refractivity contribution in [2.75, 3.05) is 31.1 Å². The second kappa shape index (κ2) is 9.35. The summed E-state index contributed by atoms with van der Waals surface area (Å²) in [6.07, 6.45) is 2.29. The number of rotatable bonds is 5. The van der Waals surface area contributed by atoms with Gasteiger partial charge in [-0.1, -0.05) is 6.07 Å². The van der Waals surface area contributed by atoms with E-state index in [0.29, 0.717) is 36.5 Å². The largest absolute Gasteiger partial charge is 0.489 e. The predicted molar refractivity (Wildman–Crippen MR) is 113 cm³/mol. The number of halogens is 1. The van der Waals surface area contributed by atoms with Gasteiger partial charge >= 0.3 is 0 Å². The van der Waals surface area contributed by atoms with Crippen LogP contribution in [0, 0.1) is 17.1 Å². The second-order valence-electron chi connectivity index (χ2n) is 7.31. The Balaban J connectivity index is 1.40. The Hall–Kier alpha value is -3.79. The molecule has 1 aliphatic heterocycles. The molecule has 0 radical (unpaired) electrons. The van der Waals surface area contributed by atoms with Gasteiger partial charge in [0, 0.05) is 37.4 Å². The molecule has 0 atom stereocenters. The lowest BCUT2D eigenvalue weighted by Gasteiger charge is -2.23. The summed E-state index contributed by atoms with van der Waals surface area (Å²) in [5.41, 5.74) is 2.12. The van der Waals surface area contributed by atoms with Crippen molar-refractivity contribution in [2.24, 2.45) is 0 Å². The highest BCUT2D eigenvalue weighted by atomic mass is 19.1. The monoisotopic (exact) mass is 419 g/mol. The van der Waals surface area contributed by atoms with Crippen molar-refractivity contribution in [1.82, 2.24) is 4.90 Å². The van der Waals surface area contributed by atoms with Gasteiger partial charge in [-0.3, -0.25) is 4.79 Å². The van der Waals surface area contributed by atoms with Crippen molar-refractivity contribution in [1.29, 1.82) is 5.26 Å². The molecule has 1 aromatic heterocycles. The van der Waals surface area contributed by atoms with Gasteiger partial charge in [0.25, 0.3) is 5.91 Å². The smallest absolute Gasteiger partial charge is 0.290 e. The molecule has 1 saturated heterocycles. The topological polar surface area (TPSA) is 69.7 Å². The van der Waals surface area contributed by atoms with Crippen LogP contribution in [0.3, 0.4) is 0 Å². The summed E-state index contributed by atoms with van der Waals surface area (Å²) in [7, 11) is 0. The molecular formula is C24H22FN3O3. The molecule has 0 bridgehead atoms. The van der Waals surface area contributed by atoms with E-state index >= 15 is 0 Å². The van der Waals surface area contributed by atoms with E-state index in [9.17, 15) is 9.18 Å². The first-order chi connectivity index (χ1) is 15.1. The maximum absolute atomic E-state index is 13.2. The number of hydrogen-bond donors (Lipinski definition) is 0. The Kier molecular flexibility index (Phi) is 6.18. The fourth-order valence-electron chi connectivity index (χ4n) is 3.63. The van der Waals surface area contributed by atoms with Gasteiger partial charge in [-0.2, -0.15) is 5.26 Å². The normalized spacial score (nSPS) is 14.1. The SMILES string of the molecule is N#Cc1cccc(OCc2ccoc2C(=O)N2CCCN(c3ccc(F)cc3)CC2)c1. The number of nitriles is 1. The lowest BCUT2D eigenvalue weighted by molar-refractivity contribution is 0.0731. The predicted octanol–water partition coefficient (Wildman–Crippen LogP) is 4.22. The third kappa shape index (κ3) is 4.86. The van der Waals surface area contributed by atoms with E-state index in [1.165, 1.54) is 18.4 Å². The molecule has 6 nitrogen and oxygen atoms in total. The van der Waals surface area contributed by atoms with Crippen LogP contribution in [0.2, 0.25) is 0 Å². The average Bonchev–Trinajstić information content (AvgIpc) is 3.13. The van der Waals surface area contributed by atoms with Crippen LogP contribution < -0.4 is 9.64 Å². The van der Waals surface area contributed by atoms with Gasteiger partial charge in [-0.15, -0.1) is 0 Å². The van der Waals surface area contributed by atoms with E-state index < -0.39 is 0 Å². The van der Waals surface area contributed by atoms with Gasteiger partial charge in [0.15, 0.2) is 5.76 Å². The highest BCUT2D eigenvalue weighted by molar-refractivity contribution is 5.93. The minimum absolute atomic E-state index is 0.169. The minimum Gasteiger partial charge on any atom is -0.489 e. The average molecular weight is 419 g/mol. The number of carbonyl (C=O) groups is 1. The first-order valence-electron chi connectivity index (χ1n) is 10.1. The molecule has 1 fully saturated rings. The van der Waals surface area contributed by atoms with Crippen LogP contribution in [0.25, 0.3) is 0 Å². The van der Waals surface area contributed by atoms with Gasteiger partial charge in [-0.25, -0.2) is 4.39 Å². The van der Waals surface area contributed by atoms with Gasteiger partial charge in [0.2, 0.25) is 0 Å². The number of furan rings is 1. The van der Waals surface area contributed by atoms with Crippen LogP contribution in [0.5, 0.6) is 5.75 Å². The molecule has 0 saturated carbocycles. The van der Waals surface area contributed by atoms with E-state index in [4.69, 9.17) is 14.4 Å². The van der Waals surface area contributed by atoms with Gasteiger partial charge in [0.05, 0.1) is 17.9 Å². The first kappa shape index (κ1) is 20.5. The Bertz CT molecular complexity index is 1090. The number of hydrogen-bond acceptors (Lipinski definition) is 5. The number of carbonyl (C=O) groups excluding carboxylic acids is 1. The van der Waals surface area contributed by atoms with Crippen LogP contribution in [-0.4, -0.2) is 37.0 Å². The van der Waals surface area contributed by atoms with Crippen molar-refractivity contribution in [3.05, 3.63) is 83.6 Å². The molecule has 158 valence electrons. The molecule has 2 aromatic carbocycles. The zero-order chi connectivity index (χ0) is 21.6. The Labute approximate surface area is 180 Å². The number of benzene rings is 2. The van der Waals surface area contributed by atoms with Crippen molar-refractivity contribution in [3.8, 4) is 11.8 Å². The molecule has 4 rings (SSSR count). The zero-order valence-corrected chi connectivity index (χ0v) is 17.0. The van der Waals surface area contributed by atoms with Crippen LogP contribution >= 0.6 is 0 Å². The van der Waals surface area contributed by atoms with E-state index in [-0.39, 0.29) is 24.1 Å². The van der Waals surface area contributed by atoms with E-state index in [0.717, 1.165) is 18.7 Å². The zero-order valence-electron chi connectivity index (χ0n) is 17.0. The first-order valence-corrected chi connectivity index (χ1v) is 10.1. The van der Waals surface area contributed by atoms with Crippen LogP contribution in [0.4, 0.5) is 10.1 Å². The Morgan fingerprint density at radius 1 is 1.10 bits per heavy atom. The molecule has 0 spiro atoms.